The van der Waals surface area contributed by atoms with Crippen molar-refractivity contribution in [3.05, 3.63) is 30.3 Å². The van der Waals surface area contributed by atoms with Gasteiger partial charge in [-0.15, -0.1) is 0 Å². The highest BCUT2D eigenvalue weighted by Crippen LogP contribution is 2.07. The summed E-state index contributed by atoms with van der Waals surface area (Å²) in [6.07, 6.45) is 0. The summed E-state index contributed by atoms with van der Waals surface area (Å²) in [5.41, 5.74) is 0. The van der Waals surface area contributed by atoms with E-state index in [0.29, 0.717) is 18.3 Å². The quantitative estimate of drug-likeness (QED) is 0.571. The minimum absolute atomic E-state index is 0.597. The van der Waals surface area contributed by atoms with E-state index in [1.165, 1.54) is 0 Å². The zero-order valence-corrected chi connectivity index (χ0v) is 11.8. The lowest BCUT2D eigenvalue weighted by atomic mass is 10.3. The molecule has 0 amide bonds. The van der Waals surface area contributed by atoms with E-state index >= 15 is 0 Å². The molecular weight excluding hydrogens is 246 g/mol. The van der Waals surface area contributed by atoms with Gasteiger partial charge in [-0.25, -0.2) is 0 Å². The third-order valence-corrected chi connectivity index (χ3v) is 2.53. The van der Waals surface area contributed by atoms with Gasteiger partial charge in [0, 0.05) is 13.1 Å². The van der Waals surface area contributed by atoms with Gasteiger partial charge in [0.1, 0.15) is 12.4 Å². The number of nitrogens with one attached hydrogen (secondary N) is 2. The number of thiocarbonyl (C=S) groups is 1. The smallest absolute Gasteiger partial charge is 0.166 e. The van der Waals surface area contributed by atoms with Gasteiger partial charge < -0.3 is 20.3 Å². The molecule has 0 unspecified atom stereocenters. The molecule has 1 aromatic rings. The Morgan fingerprint density at radius 2 is 1.83 bits per heavy atom. The Hall–Kier alpha value is -1.33. The van der Waals surface area contributed by atoms with E-state index in [1.807, 2.05) is 44.4 Å². The predicted octanol–water partition coefficient (Wildman–Crippen LogP) is 1.09. The molecule has 0 radical (unpaired) electrons. The van der Waals surface area contributed by atoms with Crippen LogP contribution in [0.1, 0.15) is 0 Å². The van der Waals surface area contributed by atoms with Gasteiger partial charge >= 0.3 is 0 Å². The lowest BCUT2D eigenvalue weighted by Gasteiger charge is -2.13. The molecule has 0 spiro atoms. The average Bonchev–Trinajstić information content (AvgIpc) is 2.35. The molecule has 0 heterocycles. The Bertz CT molecular complexity index is 343. The maximum absolute atomic E-state index is 5.54. The van der Waals surface area contributed by atoms with E-state index in [4.69, 9.17) is 17.0 Å². The Labute approximate surface area is 114 Å². The first kappa shape index (κ1) is 14.7. The molecule has 0 aliphatic rings. The summed E-state index contributed by atoms with van der Waals surface area (Å²) in [6, 6.07) is 9.75. The second-order valence-electron chi connectivity index (χ2n) is 4.15. The number of hydrogen-bond donors (Lipinski definition) is 2. The van der Waals surface area contributed by atoms with Gasteiger partial charge in [0.05, 0.1) is 6.54 Å². The Kier molecular flexibility index (Phi) is 7.13. The molecule has 0 fully saturated rings. The second-order valence-corrected chi connectivity index (χ2v) is 4.56. The average molecular weight is 267 g/mol. The van der Waals surface area contributed by atoms with Crippen molar-refractivity contribution in [2.24, 2.45) is 0 Å². The second kappa shape index (κ2) is 8.72. The van der Waals surface area contributed by atoms with Gasteiger partial charge in [-0.1, -0.05) is 18.2 Å². The van der Waals surface area contributed by atoms with Crippen LogP contribution in [0.3, 0.4) is 0 Å². The summed E-state index contributed by atoms with van der Waals surface area (Å²) in [5.74, 6) is 0.880. The first-order valence-electron chi connectivity index (χ1n) is 6.03. The van der Waals surface area contributed by atoms with E-state index < -0.39 is 0 Å². The minimum Gasteiger partial charge on any atom is -0.492 e. The van der Waals surface area contributed by atoms with Crippen LogP contribution in [-0.4, -0.2) is 50.3 Å². The normalized spacial score (nSPS) is 10.2. The van der Waals surface area contributed by atoms with Crippen LogP contribution in [0, 0.1) is 0 Å². The summed E-state index contributed by atoms with van der Waals surface area (Å²) in [7, 11) is 4.07. The van der Waals surface area contributed by atoms with E-state index in [-0.39, 0.29) is 0 Å². The maximum Gasteiger partial charge on any atom is 0.166 e. The van der Waals surface area contributed by atoms with Crippen molar-refractivity contribution in [1.29, 1.82) is 0 Å². The molecule has 0 aromatic heterocycles. The van der Waals surface area contributed by atoms with Crippen LogP contribution < -0.4 is 15.4 Å². The first-order valence-corrected chi connectivity index (χ1v) is 6.43. The van der Waals surface area contributed by atoms with Gasteiger partial charge in [0.2, 0.25) is 0 Å². The maximum atomic E-state index is 5.54. The lowest BCUT2D eigenvalue weighted by molar-refractivity contribution is 0.322. The number of likely N-dealkylation sites (N-methyl/N-ethyl adjacent to an activating group) is 1. The van der Waals surface area contributed by atoms with E-state index in [9.17, 15) is 0 Å². The molecule has 1 rings (SSSR count). The zero-order valence-electron chi connectivity index (χ0n) is 11.0. The van der Waals surface area contributed by atoms with Crippen molar-refractivity contribution in [1.82, 2.24) is 15.5 Å². The highest BCUT2D eigenvalue weighted by atomic mass is 32.1. The summed E-state index contributed by atoms with van der Waals surface area (Å²) in [6.45, 7) is 3.10. The summed E-state index contributed by atoms with van der Waals surface area (Å²) < 4.78 is 5.54. The van der Waals surface area contributed by atoms with Crippen molar-refractivity contribution in [2.75, 3.05) is 40.3 Å². The van der Waals surface area contributed by atoms with Crippen LogP contribution >= 0.6 is 12.2 Å². The van der Waals surface area contributed by atoms with Gasteiger partial charge in [-0.2, -0.15) is 0 Å². The third-order valence-electron chi connectivity index (χ3n) is 2.24. The Morgan fingerprint density at radius 1 is 1.17 bits per heavy atom. The largest absolute Gasteiger partial charge is 0.492 e. The SMILES string of the molecule is CN(C)CCNC(=S)NCCOc1ccccc1. The third kappa shape index (κ3) is 7.09. The van der Waals surface area contributed by atoms with Crippen LogP contribution in [0.15, 0.2) is 30.3 Å². The number of rotatable bonds is 7. The van der Waals surface area contributed by atoms with Crippen molar-refractivity contribution >= 4 is 17.3 Å². The van der Waals surface area contributed by atoms with Crippen molar-refractivity contribution < 1.29 is 4.74 Å². The number of ether oxygens (including phenoxy) is 1. The molecule has 0 bridgehead atoms. The molecule has 0 aliphatic heterocycles. The molecule has 0 aliphatic carbocycles. The van der Waals surface area contributed by atoms with Crippen LogP contribution in [0.4, 0.5) is 0 Å². The standard InChI is InChI=1S/C13H21N3OS/c1-16(2)10-8-14-13(18)15-9-11-17-12-6-4-3-5-7-12/h3-7H,8-11H2,1-2H3,(H2,14,15,18). The molecule has 100 valence electrons. The number of benzene rings is 1. The molecule has 0 saturated heterocycles. The lowest BCUT2D eigenvalue weighted by Crippen LogP contribution is -2.40. The van der Waals surface area contributed by atoms with E-state index in [0.717, 1.165) is 18.8 Å². The number of nitrogens with zero attached hydrogens (tertiary/aromatic N) is 1. The summed E-state index contributed by atoms with van der Waals surface area (Å²) >= 11 is 5.14. The van der Waals surface area contributed by atoms with Crippen LogP contribution in [0.2, 0.25) is 0 Å². The van der Waals surface area contributed by atoms with Crippen LogP contribution in [-0.2, 0) is 0 Å². The molecule has 5 heteroatoms. The highest BCUT2D eigenvalue weighted by Gasteiger charge is 1.96. The fourth-order valence-corrected chi connectivity index (χ4v) is 1.51. The number of hydrogen-bond acceptors (Lipinski definition) is 3. The van der Waals surface area contributed by atoms with Gasteiger partial charge in [-0.05, 0) is 38.4 Å². The molecule has 0 atom stereocenters. The van der Waals surface area contributed by atoms with Crippen molar-refractivity contribution in [2.45, 2.75) is 0 Å². The fourth-order valence-electron chi connectivity index (χ4n) is 1.31. The summed E-state index contributed by atoms with van der Waals surface area (Å²) in [4.78, 5) is 2.11. The van der Waals surface area contributed by atoms with E-state index in [1.54, 1.807) is 0 Å². The molecule has 1 aromatic carbocycles. The van der Waals surface area contributed by atoms with Gasteiger partial charge in [0.15, 0.2) is 5.11 Å². The molecule has 0 saturated carbocycles. The van der Waals surface area contributed by atoms with Crippen molar-refractivity contribution in [3.8, 4) is 5.75 Å². The van der Waals surface area contributed by atoms with E-state index in [2.05, 4.69) is 15.5 Å². The highest BCUT2D eigenvalue weighted by molar-refractivity contribution is 7.80. The van der Waals surface area contributed by atoms with Crippen molar-refractivity contribution in [3.63, 3.8) is 0 Å². The monoisotopic (exact) mass is 267 g/mol. The summed E-state index contributed by atoms with van der Waals surface area (Å²) in [5, 5.41) is 6.91. The number of para-hydroxylation sites is 1. The van der Waals surface area contributed by atoms with Crippen LogP contribution in [0.5, 0.6) is 5.75 Å². The molecular formula is C13H21N3OS. The fraction of sp³-hybridized carbons (Fsp3) is 0.462. The minimum atomic E-state index is 0.597. The predicted molar refractivity (Wildman–Crippen MR) is 79.1 cm³/mol. The first-order chi connectivity index (χ1) is 8.68. The van der Waals surface area contributed by atoms with Gasteiger partial charge in [-0.3, -0.25) is 0 Å². The Balaban J connectivity index is 2.02. The topological polar surface area (TPSA) is 36.5 Å². The van der Waals surface area contributed by atoms with Gasteiger partial charge in [0.25, 0.3) is 0 Å². The van der Waals surface area contributed by atoms with Crippen LogP contribution in [0.25, 0.3) is 0 Å². The zero-order chi connectivity index (χ0) is 13.2. The molecule has 2 N–H and O–H groups in total. The molecule has 4 nitrogen and oxygen atoms in total. The molecule has 18 heavy (non-hydrogen) atoms. The Morgan fingerprint density at radius 3 is 2.50 bits per heavy atom.